The number of ether oxygens (including phenoxy) is 2. The predicted octanol–water partition coefficient (Wildman–Crippen LogP) is 7.08. The molecule has 1 heterocycles. The van der Waals surface area contributed by atoms with Gasteiger partial charge < -0.3 is 9.47 Å². The molecule has 7 heteroatoms. The van der Waals surface area contributed by atoms with Crippen LogP contribution in [0, 0.1) is 11.2 Å². The number of carbonyl (C=O) groups is 1. The van der Waals surface area contributed by atoms with Gasteiger partial charge >= 0.3 is 5.97 Å². The maximum atomic E-state index is 15.5. The highest BCUT2D eigenvalue weighted by Gasteiger charge is 2.28. The fourth-order valence-electron chi connectivity index (χ4n) is 4.69. The van der Waals surface area contributed by atoms with E-state index in [1.807, 2.05) is 30.3 Å². The van der Waals surface area contributed by atoms with Crippen molar-refractivity contribution < 1.29 is 23.0 Å². The number of hydrogen-bond donors (Lipinski definition) is 0. The molecule has 0 bridgehead atoms. The van der Waals surface area contributed by atoms with Gasteiger partial charge in [0.25, 0.3) is 0 Å². The zero-order valence-corrected chi connectivity index (χ0v) is 22.8. The van der Waals surface area contributed by atoms with Crippen molar-refractivity contribution in [2.24, 2.45) is 5.41 Å². The quantitative estimate of drug-likeness (QED) is 0.267. The van der Waals surface area contributed by atoms with Crippen LogP contribution in [-0.4, -0.2) is 43.3 Å². The summed E-state index contributed by atoms with van der Waals surface area (Å²) in [6.45, 7) is 7.47. The average molecular weight is 562 g/mol. The molecule has 4 rings (SSSR count). The molecule has 36 heavy (non-hydrogen) atoms. The molecular formula is C29H34BrF2NO3. The number of hydrogen-bond acceptors (Lipinski definition) is 4. The lowest BCUT2D eigenvalue weighted by atomic mass is 9.93. The van der Waals surface area contributed by atoms with Crippen LogP contribution in [0.1, 0.15) is 63.1 Å². The Labute approximate surface area is 220 Å². The summed E-state index contributed by atoms with van der Waals surface area (Å²) in [5.74, 6) is -0.164. The van der Waals surface area contributed by atoms with Gasteiger partial charge in [0.05, 0.1) is 12.1 Å². The molecule has 2 aliphatic rings. The second-order valence-electron chi connectivity index (χ2n) is 10.6. The predicted molar refractivity (Wildman–Crippen MR) is 142 cm³/mol. The van der Waals surface area contributed by atoms with E-state index in [0.717, 1.165) is 65.8 Å². The van der Waals surface area contributed by atoms with Crippen molar-refractivity contribution in [2.45, 2.75) is 59.0 Å². The Morgan fingerprint density at radius 3 is 2.58 bits per heavy atom. The number of esters is 1. The first-order valence-electron chi connectivity index (χ1n) is 12.7. The van der Waals surface area contributed by atoms with Gasteiger partial charge in [-0.3, -0.25) is 14.1 Å². The van der Waals surface area contributed by atoms with E-state index in [1.165, 1.54) is 0 Å². The van der Waals surface area contributed by atoms with Crippen LogP contribution < -0.4 is 9.47 Å². The summed E-state index contributed by atoms with van der Waals surface area (Å²) < 4.78 is 40.6. The molecule has 1 aliphatic carbocycles. The Hall–Kier alpha value is -2.25. The summed E-state index contributed by atoms with van der Waals surface area (Å²) in [5.41, 5.74) is 2.56. The van der Waals surface area contributed by atoms with E-state index >= 15 is 4.39 Å². The van der Waals surface area contributed by atoms with Crippen molar-refractivity contribution in [1.82, 2.24) is 4.90 Å². The van der Waals surface area contributed by atoms with Gasteiger partial charge in [0.15, 0.2) is 11.6 Å². The second-order valence-corrected chi connectivity index (χ2v) is 11.5. The fourth-order valence-corrected chi connectivity index (χ4v) is 5.41. The molecule has 0 aromatic heterocycles. The van der Waals surface area contributed by atoms with Crippen LogP contribution in [0.15, 0.2) is 40.9 Å². The summed E-state index contributed by atoms with van der Waals surface area (Å²) in [4.78, 5) is 14.6. The SMILES string of the molecule is CC(C)(C)C(=O)Oc1ccc2c(c1F)CCCC(Br)=C2c1ccc(O[C@H]2CCN(CCCF)C2)cc1. The Balaban J connectivity index is 1.54. The van der Waals surface area contributed by atoms with Gasteiger partial charge in [-0.15, -0.1) is 0 Å². The molecule has 2 aromatic carbocycles. The van der Waals surface area contributed by atoms with Crippen LogP contribution in [0.25, 0.3) is 5.57 Å². The molecule has 1 atom stereocenters. The zero-order chi connectivity index (χ0) is 25.9. The molecule has 0 unspecified atom stereocenters. The highest BCUT2D eigenvalue weighted by atomic mass is 79.9. The lowest BCUT2D eigenvalue weighted by molar-refractivity contribution is -0.143. The van der Waals surface area contributed by atoms with Gasteiger partial charge in [-0.05, 0) is 93.3 Å². The van der Waals surface area contributed by atoms with E-state index in [1.54, 1.807) is 26.8 Å². The molecular weight excluding hydrogens is 528 g/mol. The lowest BCUT2D eigenvalue weighted by Gasteiger charge is -2.19. The van der Waals surface area contributed by atoms with Crippen molar-refractivity contribution in [3.05, 3.63) is 63.4 Å². The minimum absolute atomic E-state index is 0.0214. The normalized spacial score (nSPS) is 18.7. The fraction of sp³-hybridized carbons (Fsp3) is 0.483. The first-order valence-corrected chi connectivity index (χ1v) is 13.4. The largest absolute Gasteiger partial charge is 0.489 e. The van der Waals surface area contributed by atoms with E-state index in [2.05, 4.69) is 20.8 Å². The number of alkyl halides is 1. The monoisotopic (exact) mass is 561 g/mol. The molecule has 0 spiro atoms. The third kappa shape index (κ3) is 6.17. The highest BCUT2D eigenvalue weighted by molar-refractivity contribution is 9.11. The van der Waals surface area contributed by atoms with Crippen molar-refractivity contribution >= 4 is 27.5 Å². The number of fused-ring (bicyclic) bond motifs is 1. The third-order valence-electron chi connectivity index (χ3n) is 6.67. The molecule has 0 saturated carbocycles. The van der Waals surface area contributed by atoms with Gasteiger partial charge in [-0.2, -0.15) is 0 Å². The highest BCUT2D eigenvalue weighted by Crippen LogP contribution is 2.41. The van der Waals surface area contributed by atoms with Crippen LogP contribution in [0.5, 0.6) is 11.5 Å². The Kier molecular flexibility index (Phi) is 8.51. The number of benzene rings is 2. The van der Waals surface area contributed by atoms with Crippen LogP contribution in [0.2, 0.25) is 0 Å². The van der Waals surface area contributed by atoms with E-state index in [0.29, 0.717) is 18.4 Å². The standard InChI is InChI=1S/C29H34BrF2NO3/c1-29(2,3)28(34)36-25-13-12-22-23(27(25)32)6-4-7-24(30)26(22)19-8-10-20(11-9-19)35-21-14-17-33(18-21)16-5-15-31/h8-13,21H,4-7,14-18H2,1-3H3/t21-/m0/s1. The minimum Gasteiger partial charge on any atom is -0.489 e. The Bertz CT molecular complexity index is 1120. The maximum absolute atomic E-state index is 15.5. The third-order valence-corrected chi connectivity index (χ3v) is 7.46. The Morgan fingerprint density at radius 1 is 1.14 bits per heavy atom. The van der Waals surface area contributed by atoms with Crippen molar-refractivity contribution in [1.29, 1.82) is 0 Å². The maximum Gasteiger partial charge on any atom is 0.316 e. The summed E-state index contributed by atoms with van der Waals surface area (Å²) in [6, 6.07) is 11.3. The Morgan fingerprint density at radius 2 is 1.89 bits per heavy atom. The van der Waals surface area contributed by atoms with Gasteiger partial charge in [0, 0.05) is 24.1 Å². The van der Waals surface area contributed by atoms with Gasteiger partial charge in [0.1, 0.15) is 11.9 Å². The molecule has 1 saturated heterocycles. The van der Waals surface area contributed by atoms with E-state index in [9.17, 15) is 9.18 Å². The smallest absolute Gasteiger partial charge is 0.316 e. The van der Waals surface area contributed by atoms with Crippen LogP contribution >= 0.6 is 15.9 Å². The van der Waals surface area contributed by atoms with Crippen molar-refractivity contribution in [2.75, 3.05) is 26.3 Å². The molecule has 0 N–H and O–H groups in total. The molecule has 194 valence electrons. The summed E-state index contributed by atoms with van der Waals surface area (Å²) in [5, 5.41) is 0. The molecule has 1 fully saturated rings. The topological polar surface area (TPSA) is 38.8 Å². The lowest BCUT2D eigenvalue weighted by Crippen LogP contribution is -2.26. The zero-order valence-electron chi connectivity index (χ0n) is 21.2. The van der Waals surface area contributed by atoms with Gasteiger partial charge in [0.2, 0.25) is 0 Å². The first kappa shape index (κ1) is 26.8. The molecule has 1 aliphatic heterocycles. The minimum atomic E-state index is -0.720. The van der Waals surface area contributed by atoms with E-state index < -0.39 is 17.2 Å². The summed E-state index contributed by atoms with van der Waals surface area (Å²) in [7, 11) is 0. The van der Waals surface area contributed by atoms with E-state index in [4.69, 9.17) is 9.47 Å². The number of nitrogens with zero attached hydrogens (tertiary/aromatic N) is 1. The van der Waals surface area contributed by atoms with E-state index in [-0.39, 0.29) is 18.5 Å². The van der Waals surface area contributed by atoms with Gasteiger partial charge in [-0.25, -0.2) is 4.39 Å². The van der Waals surface area contributed by atoms with Crippen LogP contribution in [0.3, 0.4) is 0 Å². The number of halogens is 3. The molecule has 4 nitrogen and oxygen atoms in total. The average Bonchev–Trinajstić information content (AvgIpc) is 3.21. The molecule has 0 radical (unpaired) electrons. The van der Waals surface area contributed by atoms with Crippen LogP contribution in [0.4, 0.5) is 8.78 Å². The van der Waals surface area contributed by atoms with Crippen molar-refractivity contribution in [3.63, 3.8) is 0 Å². The summed E-state index contributed by atoms with van der Waals surface area (Å²) in [6.07, 6.45) is 3.72. The first-order chi connectivity index (χ1) is 17.2. The second kappa shape index (κ2) is 11.4. The van der Waals surface area contributed by atoms with Crippen molar-refractivity contribution in [3.8, 4) is 11.5 Å². The van der Waals surface area contributed by atoms with Gasteiger partial charge in [-0.1, -0.05) is 34.1 Å². The summed E-state index contributed by atoms with van der Waals surface area (Å²) >= 11 is 3.75. The number of rotatable bonds is 7. The number of likely N-dealkylation sites (tertiary alicyclic amines) is 1. The number of allylic oxidation sites excluding steroid dienone is 1. The van der Waals surface area contributed by atoms with Crippen LogP contribution in [-0.2, 0) is 11.2 Å². The molecule has 2 aromatic rings. The molecule has 0 amide bonds. The number of carbonyl (C=O) groups excluding carboxylic acids is 1.